The zero-order valence-corrected chi connectivity index (χ0v) is 17.5. The molecule has 1 aromatic heterocycles. The Kier molecular flexibility index (Phi) is 6.17. The molecule has 0 saturated heterocycles. The molecule has 1 amide bonds. The van der Waals surface area contributed by atoms with Crippen LogP contribution in [0.3, 0.4) is 0 Å². The Morgan fingerprint density at radius 1 is 1.00 bits per heavy atom. The van der Waals surface area contributed by atoms with Crippen molar-refractivity contribution >= 4 is 22.9 Å². The average molecular weight is 398 g/mol. The standard InChI is InChI=1S/C24H31NO2S/c1-17-7-9-19(10-8-17)24(27)25(20-11-13-22(26)14-12-20)21-15-23(28-16-21)18-5-3-2-4-6-18/h2-6,15-17,19-20,22,26H,7-14H2,1H3. The summed E-state index contributed by atoms with van der Waals surface area (Å²) in [5.41, 5.74) is 2.26. The molecule has 2 saturated carbocycles. The maximum atomic E-state index is 13.6. The summed E-state index contributed by atoms with van der Waals surface area (Å²) in [6.07, 6.45) is 7.53. The Morgan fingerprint density at radius 2 is 1.68 bits per heavy atom. The van der Waals surface area contributed by atoms with Crippen LogP contribution in [0.15, 0.2) is 41.8 Å². The van der Waals surface area contributed by atoms with Gasteiger partial charge in [0.05, 0.1) is 11.8 Å². The van der Waals surface area contributed by atoms with E-state index in [1.165, 1.54) is 10.4 Å². The monoisotopic (exact) mass is 397 g/mol. The average Bonchev–Trinajstić information content (AvgIpc) is 3.20. The second-order valence-corrected chi connectivity index (χ2v) is 9.57. The second-order valence-electron chi connectivity index (χ2n) is 8.66. The van der Waals surface area contributed by atoms with Crippen molar-refractivity contribution in [2.45, 2.75) is 70.4 Å². The van der Waals surface area contributed by atoms with Crippen molar-refractivity contribution in [3.63, 3.8) is 0 Å². The summed E-state index contributed by atoms with van der Waals surface area (Å²) < 4.78 is 0. The molecule has 0 unspecified atom stereocenters. The van der Waals surface area contributed by atoms with E-state index in [1.54, 1.807) is 11.3 Å². The predicted octanol–water partition coefficient (Wildman–Crippen LogP) is 5.88. The smallest absolute Gasteiger partial charge is 0.230 e. The minimum atomic E-state index is -0.203. The fourth-order valence-corrected chi connectivity index (χ4v) is 5.63. The van der Waals surface area contributed by atoms with Gasteiger partial charge in [0.25, 0.3) is 0 Å². The molecule has 1 aromatic carbocycles. The number of amides is 1. The van der Waals surface area contributed by atoms with Crippen LogP contribution >= 0.6 is 11.3 Å². The van der Waals surface area contributed by atoms with Crippen molar-refractivity contribution in [1.29, 1.82) is 0 Å². The Morgan fingerprint density at radius 3 is 2.36 bits per heavy atom. The van der Waals surface area contributed by atoms with Gasteiger partial charge in [0.1, 0.15) is 0 Å². The lowest BCUT2D eigenvalue weighted by atomic mass is 9.81. The number of hydrogen-bond acceptors (Lipinski definition) is 3. The number of rotatable bonds is 4. The third-order valence-electron chi connectivity index (χ3n) is 6.56. The fraction of sp³-hybridized carbons (Fsp3) is 0.542. The first-order valence-electron chi connectivity index (χ1n) is 10.8. The molecular formula is C24H31NO2S. The Hall–Kier alpha value is -1.65. The predicted molar refractivity (Wildman–Crippen MR) is 117 cm³/mol. The number of aliphatic hydroxyl groups is 1. The first-order valence-corrected chi connectivity index (χ1v) is 11.6. The molecule has 150 valence electrons. The topological polar surface area (TPSA) is 40.5 Å². The van der Waals surface area contributed by atoms with Crippen molar-refractivity contribution in [2.75, 3.05) is 4.90 Å². The highest BCUT2D eigenvalue weighted by Crippen LogP contribution is 2.38. The van der Waals surface area contributed by atoms with E-state index in [0.29, 0.717) is 5.91 Å². The zero-order chi connectivity index (χ0) is 19.5. The van der Waals surface area contributed by atoms with Gasteiger partial charge in [0.2, 0.25) is 5.91 Å². The Balaban J connectivity index is 1.60. The van der Waals surface area contributed by atoms with E-state index in [0.717, 1.165) is 63.0 Å². The number of nitrogens with zero attached hydrogens (tertiary/aromatic N) is 1. The van der Waals surface area contributed by atoms with Crippen LogP contribution in [0.2, 0.25) is 0 Å². The van der Waals surface area contributed by atoms with E-state index in [4.69, 9.17) is 0 Å². The molecule has 2 aliphatic rings. The van der Waals surface area contributed by atoms with Gasteiger partial charge < -0.3 is 10.0 Å². The van der Waals surface area contributed by atoms with Crippen molar-refractivity contribution in [1.82, 2.24) is 0 Å². The quantitative estimate of drug-likeness (QED) is 0.700. The van der Waals surface area contributed by atoms with Gasteiger partial charge in [-0.3, -0.25) is 4.79 Å². The van der Waals surface area contributed by atoms with E-state index in [1.807, 2.05) is 6.07 Å². The Bertz CT molecular complexity index is 771. The van der Waals surface area contributed by atoms with Gasteiger partial charge in [-0.15, -0.1) is 11.3 Å². The molecule has 0 radical (unpaired) electrons. The molecule has 0 bridgehead atoms. The second kappa shape index (κ2) is 8.79. The van der Waals surface area contributed by atoms with E-state index >= 15 is 0 Å². The molecule has 4 heteroatoms. The summed E-state index contributed by atoms with van der Waals surface area (Å²) in [5, 5.41) is 12.1. The van der Waals surface area contributed by atoms with Crippen LogP contribution in [-0.4, -0.2) is 23.2 Å². The summed E-state index contributed by atoms with van der Waals surface area (Å²) in [7, 11) is 0. The number of carbonyl (C=O) groups is 1. The van der Waals surface area contributed by atoms with Crippen molar-refractivity contribution < 1.29 is 9.90 Å². The SMILES string of the molecule is CC1CCC(C(=O)N(c2csc(-c3ccccc3)c2)C2CCC(O)CC2)CC1. The summed E-state index contributed by atoms with van der Waals surface area (Å²) >= 11 is 1.72. The van der Waals surface area contributed by atoms with Gasteiger partial charge in [-0.1, -0.05) is 37.3 Å². The number of thiophene rings is 1. The summed E-state index contributed by atoms with van der Waals surface area (Å²) in [4.78, 5) is 16.9. The van der Waals surface area contributed by atoms with Gasteiger partial charge in [0, 0.05) is 22.2 Å². The highest BCUT2D eigenvalue weighted by molar-refractivity contribution is 7.14. The van der Waals surface area contributed by atoms with E-state index in [9.17, 15) is 9.90 Å². The highest BCUT2D eigenvalue weighted by Gasteiger charge is 2.35. The Labute approximate surface area is 172 Å². The third kappa shape index (κ3) is 4.33. The normalized spacial score (nSPS) is 28.1. The summed E-state index contributed by atoms with van der Waals surface area (Å²) in [6.45, 7) is 2.30. The number of hydrogen-bond donors (Lipinski definition) is 1. The fourth-order valence-electron chi connectivity index (χ4n) is 4.74. The third-order valence-corrected chi connectivity index (χ3v) is 7.52. The zero-order valence-electron chi connectivity index (χ0n) is 16.7. The van der Waals surface area contributed by atoms with Crippen LogP contribution in [0, 0.1) is 11.8 Å². The van der Waals surface area contributed by atoms with Crippen LogP contribution in [0.1, 0.15) is 58.3 Å². The molecule has 3 nitrogen and oxygen atoms in total. The number of aliphatic hydroxyl groups excluding tert-OH is 1. The first kappa shape index (κ1) is 19.7. The lowest BCUT2D eigenvalue weighted by molar-refractivity contribution is -0.124. The minimum absolute atomic E-state index is 0.156. The van der Waals surface area contributed by atoms with Crippen LogP contribution < -0.4 is 4.90 Å². The van der Waals surface area contributed by atoms with Gasteiger partial charge in [-0.25, -0.2) is 0 Å². The molecule has 0 aliphatic heterocycles. The van der Waals surface area contributed by atoms with E-state index in [-0.39, 0.29) is 18.1 Å². The number of carbonyl (C=O) groups excluding carboxylic acids is 1. The molecule has 2 fully saturated rings. The first-order chi connectivity index (χ1) is 13.6. The largest absolute Gasteiger partial charge is 0.393 e. The van der Waals surface area contributed by atoms with Gasteiger partial charge in [-0.2, -0.15) is 0 Å². The molecule has 2 aliphatic carbocycles. The van der Waals surface area contributed by atoms with Crippen molar-refractivity contribution in [3.05, 3.63) is 41.8 Å². The molecule has 2 aromatic rings. The molecular weight excluding hydrogens is 366 g/mol. The molecule has 4 rings (SSSR count). The minimum Gasteiger partial charge on any atom is -0.393 e. The lowest BCUT2D eigenvalue weighted by Crippen LogP contribution is -2.46. The molecule has 0 spiro atoms. The van der Waals surface area contributed by atoms with Crippen molar-refractivity contribution in [3.8, 4) is 10.4 Å². The van der Waals surface area contributed by atoms with Crippen LogP contribution in [0.25, 0.3) is 10.4 Å². The van der Waals surface area contributed by atoms with Crippen LogP contribution in [0.5, 0.6) is 0 Å². The molecule has 1 heterocycles. The molecule has 28 heavy (non-hydrogen) atoms. The van der Waals surface area contributed by atoms with Gasteiger partial charge in [-0.05, 0) is 68.9 Å². The molecule has 1 N–H and O–H groups in total. The number of benzene rings is 1. The summed E-state index contributed by atoms with van der Waals surface area (Å²) in [5.74, 6) is 1.21. The van der Waals surface area contributed by atoms with Crippen LogP contribution in [-0.2, 0) is 4.79 Å². The number of anilines is 1. The lowest BCUT2D eigenvalue weighted by Gasteiger charge is -2.38. The van der Waals surface area contributed by atoms with Gasteiger partial charge in [0.15, 0.2) is 0 Å². The maximum absolute atomic E-state index is 13.6. The van der Waals surface area contributed by atoms with E-state index < -0.39 is 0 Å². The maximum Gasteiger partial charge on any atom is 0.230 e. The van der Waals surface area contributed by atoms with Crippen LogP contribution in [0.4, 0.5) is 5.69 Å². The van der Waals surface area contributed by atoms with Gasteiger partial charge >= 0.3 is 0 Å². The van der Waals surface area contributed by atoms with E-state index in [2.05, 4.69) is 47.5 Å². The highest BCUT2D eigenvalue weighted by atomic mass is 32.1. The summed E-state index contributed by atoms with van der Waals surface area (Å²) in [6, 6.07) is 12.8. The molecule has 0 atom stereocenters. The van der Waals surface area contributed by atoms with Crippen molar-refractivity contribution in [2.24, 2.45) is 11.8 Å².